The normalized spacial score (nSPS) is 11.1. The van der Waals surface area contributed by atoms with E-state index in [1.165, 1.54) is 23.5 Å². The van der Waals surface area contributed by atoms with Crippen molar-refractivity contribution in [1.82, 2.24) is 4.31 Å². The van der Waals surface area contributed by atoms with Gasteiger partial charge in [0.15, 0.2) is 0 Å². The highest BCUT2D eigenvalue weighted by molar-refractivity contribution is 7.89. The van der Waals surface area contributed by atoms with E-state index in [0.717, 1.165) is 0 Å². The fraction of sp³-hybridized carbons (Fsp3) is 0.400. The largest absolute Gasteiger partial charge is 0.469 e. The van der Waals surface area contributed by atoms with Gasteiger partial charge in [0.05, 0.1) is 25.0 Å². The Balaban J connectivity index is 2.98. The van der Waals surface area contributed by atoms with Crippen molar-refractivity contribution in [3.05, 3.63) is 29.8 Å². The lowest BCUT2D eigenvalue weighted by molar-refractivity contribution is -0.139. The Labute approximate surface area is 126 Å². The first-order valence-electron chi connectivity index (χ1n) is 6.55. The maximum atomic E-state index is 12.4. The molecular weight excluding hydrogens is 290 g/mol. The molecule has 0 N–H and O–H groups in total. The van der Waals surface area contributed by atoms with Crippen LogP contribution in [-0.4, -0.2) is 38.9 Å². The molecule has 1 rings (SSSR count). The molecule has 0 radical (unpaired) electrons. The molecule has 0 saturated carbocycles. The maximum Gasteiger partial charge on any atom is 0.309 e. The SMILES string of the molecule is C#CCN(CCC)S(=O)(=O)c1ccc(CC(=O)OC)cc1. The zero-order valence-corrected chi connectivity index (χ0v) is 13.0. The van der Waals surface area contributed by atoms with E-state index in [9.17, 15) is 13.2 Å². The average molecular weight is 309 g/mol. The van der Waals surface area contributed by atoms with Crippen molar-refractivity contribution in [3.8, 4) is 12.3 Å². The molecule has 21 heavy (non-hydrogen) atoms. The Morgan fingerprint density at radius 2 is 1.95 bits per heavy atom. The van der Waals surface area contributed by atoms with Crippen molar-refractivity contribution in [2.75, 3.05) is 20.2 Å². The van der Waals surface area contributed by atoms with Crippen LogP contribution in [-0.2, 0) is 26.0 Å². The quantitative estimate of drug-likeness (QED) is 0.565. The molecule has 0 aliphatic rings. The van der Waals surface area contributed by atoms with Crippen LogP contribution in [0.3, 0.4) is 0 Å². The summed E-state index contributed by atoms with van der Waals surface area (Å²) < 4.78 is 30.7. The van der Waals surface area contributed by atoms with Crippen LogP contribution in [0.5, 0.6) is 0 Å². The van der Waals surface area contributed by atoms with Crippen LogP contribution in [0.15, 0.2) is 29.2 Å². The number of carbonyl (C=O) groups excluding carboxylic acids is 1. The molecule has 0 fully saturated rings. The van der Waals surface area contributed by atoms with E-state index < -0.39 is 10.0 Å². The van der Waals surface area contributed by atoms with Gasteiger partial charge in [-0.2, -0.15) is 4.31 Å². The van der Waals surface area contributed by atoms with Gasteiger partial charge in [0.25, 0.3) is 0 Å². The highest BCUT2D eigenvalue weighted by Gasteiger charge is 2.22. The summed E-state index contributed by atoms with van der Waals surface area (Å²) in [5, 5.41) is 0. The summed E-state index contributed by atoms with van der Waals surface area (Å²) >= 11 is 0. The Morgan fingerprint density at radius 1 is 1.33 bits per heavy atom. The van der Waals surface area contributed by atoms with Crippen molar-refractivity contribution in [2.45, 2.75) is 24.7 Å². The minimum atomic E-state index is -3.60. The molecule has 0 bridgehead atoms. The number of rotatable bonds is 7. The molecule has 0 spiro atoms. The van der Waals surface area contributed by atoms with Gasteiger partial charge in [0, 0.05) is 6.54 Å². The van der Waals surface area contributed by atoms with Gasteiger partial charge in [-0.3, -0.25) is 4.79 Å². The lowest BCUT2D eigenvalue weighted by atomic mass is 10.2. The number of esters is 1. The zero-order valence-electron chi connectivity index (χ0n) is 12.2. The molecule has 0 heterocycles. The summed E-state index contributed by atoms with van der Waals surface area (Å²) in [6.07, 6.45) is 6.01. The zero-order chi connectivity index (χ0) is 15.9. The monoisotopic (exact) mass is 309 g/mol. The van der Waals surface area contributed by atoms with Crippen LogP contribution in [0.4, 0.5) is 0 Å². The Bertz CT molecular complexity index is 614. The molecule has 0 aliphatic carbocycles. The van der Waals surface area contributed by atoms with Crippen molar-refractivity contribution < 1.29 is 17.9 Å². The summed E-state index contributed by atoms with van der Waals surface area (Å²) in [7, 11) is -2.29. The van der Waals surface area contributed by atoms with Gasteiger partial charge >= 0.3 is 5.97 Å². The van der Waals surface area contributed by atoms with Gasteiger partial charge < -0.3 is 4.74 Å². The molecule has 1 aromatic carbocycles. The van der Waals surface area contributed by atoms with Crippen molar-refractivity contribution in [1.29, 1.82) is 0 Å². The predicted molar refractivity (Wildman–Crippen MR) is 80.0 cm³/mol. The van der Waals surface area contributed by atoms with E-state index in [-0.39, 0.29) is 23.8 Å². The lowest BCUT2D eigenvalue weighted by Gasteiger charge is -2.19. The molecule has 0 aliphatic heterocycles. The number of methoxy groups -OCH3 is 1. The van der Waals surface area contributed by atoms with Crippen LogP contribution < -0.4 is 0 Å². The second-order valence-electron chi connectivity index (χ2n) is 4.44. The number of nitrogens with zero attached hydrogens (tertiary/aromatic N) is 1. The summed E-state index contributed by atoms with van der Waals surface area (Å²) in [5.74, 6) is 1.99. The molecule has 6 heteroatoms. The first-order valence-corrected chi connectivity index (χ1v) is 7.99. The number of hydrogen-bond donors (Lipinski definition) is 0. The number of benzene rings is 1. The number of ether oxygens (including phenoxy) is 1. The number of carbonyl (C=O) groups is 1. The minimum absolute atomic E-state index is 0.0418. The standard InChI is InChI=1S/C15H19NO4S/c1-4-10-16(11-5-2)21(18,19)14-8-6-13(7-9-14)12-15(17)20-3/h1,6-9H,5,10-12H2,2-3H3. The fourth-order valence-corrected chi connectivity index (χ4v) is 3.25. The summed E-state index contributed by atoms with van der Waals surface area (Å²) in [6.45, 7) is 2.30. The molecule has 0 unspecified atom stereocenters. The van der Waals surface area contributed by atoms with Crippen molar-refractivity contribution >= 4 is 16.0 Å². The number of hydrogen-bond acceptors (Lipinski definition) is 4. The molecule has 0 amide bonds. The van der Waals surface area contributed by atoms with Gasteiger partial charge in [-0.25, -0.2) is 8.42 Å². The second-order valence-corrected chi connectivity index (χ2v) is 6.38. The predicted octanol–water partition coefficient (Wildman–Crippen LogP) is 1.44. The molecule has 0 aromatic heterocycles. The third-order valence-electron chi connectivity index (χ3n) is 2.88. The number of sulfonamides is 1. The molecule has 114 valence electrons. The minimum Gasteiger partial charge on any atom is -0.469 e. The van der Waals surface area contributed by atoms with E-state index in [1.54, 1.807) is 12.1 Å². The van der Waals surface area contributed by atoms with Crippen molar-refractivity contribution in [3.63, 3.8) is 0 Å². The van der Waals surface area contributed by atoms with Crippen molar-refractivity contribution in [2.24, 2.45) is 0 Å². The van der Waals surface area contributed by atoms with Gasteiger partial charge in [-0.1, -0.05) is 25.0 Å². The third-order valence-corrected chi connectivity index (χ3v) is 4.74. The number of terminal acetylenes is 1. The van der Waals surface area contributed by atoms with E-state index in [2.05, 4.69) is 10.7 Å². The van der Waals surface area contributed by atoms with E-state index in [0.29, 0.717) is 18.5 Å². The van der Waals surface area contributed by atoms with Gasteiger partial charge in [0.1, 0.15) is 0 Å². The Hall–Kier alpha value is -1.84. The van der Waals surface area contributed by atoms with Crippen LogP contribution in [0.1, 0.15) is 18.9 Å². The average Bonchev–Trinajstić information content (AvgIpc) is 2.47. The van der Waals surface area contributed by atoms with Gasteiger partial charge in [-0.15, -0.1) is 6.42 Å². The third kappa shape index (κ3) is 4.59. The molecule has 1 aromatic rings. The summed E-state index contributed by atoms with van der Waals surface area (Å²) in [4.78, 5) is 11.3. The molecule has 0 saturated heterocycles. The smallest absolute Gasteiger partial charge is 0.309 e. The lowest BCUT2D eigenvalue weighted by Crippen LogP contribution is -2.32. The van der Waals surface area contributed by atoms with Crippen LogP contribution >= 0.6 is 0 Å². The van der Waals surface area contributed by atoms with Gasteiger partial charge in [0.2, 0.25) is 10.0 Å². The van der Waals surface area contributed by atoms with E-state index >= 15 is 0 Å². The van der Waals surface area contributed by atoms with Crippen LogP contribution in [0.25, 0.3) is 0 Å². The van der Waals surface area contributed by atoms with Crippen LogP contribution in [0.2, 0.25) is 0 Å². The molecule has 5 nitrogen and oxygen atoms in total. The maximum absolute atomic E-state index is 12.4. The fourth-order valence-electron chi connectivity index (χ4n) is 1.80. The molecular formula is C15H19NO4S. The second kappa shape index (κ2) is 7.81. The van der Waals surface area contributed by atoms with Gasteiger partial charge in [-0.05, 0) is 24.1 Å². The topological polar surface area (TPSA) is 63.7 Å². The first kappa shape index (κ1) is 17.2. The summed E-state index contributed by atoms with van der Waals surface area (Å²) in [5.41, 5.74) is 0.694. The Kier molecular flexibility index (Phi) is 6.40. The van der Waals surface area contributed by atoms with E-state index in [4.69, 9.17) is 6.42 Å². The molecule has 0 atom stereocenters. The Morgan fingerprint density at radius 3 is 2.43 bits per heavy atom. The first-order chi connectivity index (χ1) is 9.95. The summed E-state index contributed by atoms with van der Waals surface area (Å²) in [6, 6.07) is 6.16. The van der Waals surface area contributed by atoms with E-state index in [1.807, 2.05) is 6.92 Å². The highest BCUT2D eigenvalue weighted by atomic mass is 32.2. The highest BCUT2D eigenvalue weighted by Crippen LogP contribution is 2.17. The van der Waals surface area contributed by atoms with Crippen LogP contribution in [0, 0.1) is 12.3 Å².